The third-order valence-corrected chi connectivity index (χ3v) is 5.99. The fourth-order valence-electron chi connectivity index (χ4n) is 4.36. The van der Waals surface area contributed by atoms with Crippen LogP contribution in [-0.4, -0.2) is 70.6 Å². The summed E-state index contributed by atoms with van der Waals surface area (Å²) >= 11 is 0. The lowest BCUT2D eigenvalue weighted by Gasteiger charge is -2.31. The average molecular weight is 435 g/mol. The van der Waals surface area contributed by atoms with Gasteiger partial charge in [-0.15, -0.1) is 0 Å². The van der Waals surface area contributed by atoms with Crippen LogP contribution in [0.15, 0.2) is 36.8 Å². The van der Waals surface area contributed by atoms with E-state index in [9.17, 15) is 4.79 Å². The summed E-state index contributed by atoms with van der Waals surface area (Å²) in [5.41, 5.74) is 3.42. The smallest absolute Gasteiger partial charge is 0.256 e. The Morgan fingerprint density at radius 3 is 2.97 bits per heavy atom. The van der Waals surface area contributed by atoms with Crippen molar-refractivity contribution in [2.24, 2.45) is 0 Å². The lowest BCUT2D eigenvalue weighted by atomic mass is 10.1. The van der Waals surface area contributed by atoms with E-state index < -0.39 is 0 Å². The molecule has 166 valence electrons. The molecule has 0 bridgehead atoms. The van der Waals surface area contributed by atoms with Crippen molar-refractivity contribution in [2.75, 3.05) is 39.7 Å². The Balaban J connectivity index is 1.72. The van der Waals surface area contributed by atoms with E-state index in [0.29, 0.717) is 24.4 Å². The molecule has 0 radical (unpaired) electrons. The van der Waals surface area contributed by atoms with Crippen molar-refractivity contribution >= 4 is 28.4 Å². The van der Waals surface area contributed by atoms with Crippen molar-refractivity contribution in [3.8, 4) is 11.3 Å². The maximum Gasteiger partial charge on any atom is 0.256 e. The molecule has 0 aromatic carbocycles. The van der Waals surface area contributed by atoms with Crippen molar-refractivity contribution in [3.05, 3.63) is 42.4 Å². The monoisotopic (exact) mass is 435 g/mol. The summed E-state index contributed by atoms with van der Waals surface area (Å²) in [5.74, 6) is 0.492. The third-order valence-electron chi connectivity index (χ3n) is 5.99. The Hall–Kier alpha value is -3.50. The van der Waals surface area contributed by atoms with Crippen molar-refractivity contribution < 1.29 is 14.3 Å². The number of nitrogens with one attached hydrogen (secondary N) is 2. The molecule has 1 fully saturated rings. The molecule has 0 aliphatic carbocycles. The number of nitrogens with zero attached hydrogens (tertiary/aromatic N) is 5. The maximum absolute atomic E-state index is 12.4. The fourth-order valence-corrected chi connectivity index (χ4v) is 4.36. The van der Waals surface area contributed by atoms with Crippen LogP contribution in [0.3, 0.4) is 0 Å². The van der Waals surface area contributed by atoms with E-state index in [0.717, 1.165) is 34.5 Å². The molecular formula is C22H25N7O3. The summed E-state index contributed by atoms with van der Waals surface area (Å²) in [6, 6.07) is 5.98. The molecule has 4 aromatic rings. The zero-order valence-electron chi connectivity index (χ0n) is 18.2. The first kappa shape index (κ1) is 20.4. The predicted molar refractivity (Wildman–Crippen MR) is 120 cm³/mol. The number of carbonyl (C=O) groups excluding carboxylic acids is 1. The lowest BCUT2D eigenvalue weighted by Crippen LogP contribution is -2.35. The second-order valence-corrected chi connectivity index (χ2v) is 7.68. The molecule has 1 amide bonds. The van der Waals surface area contributed by atoms with Crippen LogP contribution >= 0.6 is 0 Å². The molecule has 0 spiro atoms. The molecule has 4 aromatic heterocycles. The van der Waals surface area contributed by atoms with Crippen LogP contribution in [0.4, 0.5) is 5.82 Å². The number of carbonyl (C=O) groups is 1. The molecule has 5 heterocycles. The van der Waals surface area contributed by atoms with Crippen LogP contribution in [0.1, 0.15) is 22.8 Å². The van der Waals surface area contributed by atoms with Gasteiger partial charge in [0.15, 0.2) is 5.65 Å². The van der Waals surface area contributed by atoms with Gasteiger partial charge in [-0.05, 0) is 18.6 Å². The van der Waals surface area contributed by atoms with Gasteiger partial charge < -0.3 is 24.7 Å². The van der Waals surface area contributed by atoms with E-state index in [1.807, 2.05) is 25.2 Å². The van der Waals surface area contributed by atoms with E-state index in [1.165, 1.54) is 6.20 Å². The van der Waals surface area contributed by atoms with Gasteiger partial charge in [0.2, 0.25) is 0 Å². The van der Waals surface area contributed by atoms with Gasteiger partial charge in [-0.25, -0.2) is 9.97 Å². The zero-order valence-corrected chi connectivity index (χ0v) is 18.2. The molecule has 32 heavy (non-hydrogen) atoms. The highest BCUT2D eigenvalue weighted by molar-refractivity contribution is 6.00. The summed E-state index contributed by atoms with van der Waals surface area (Å²) in [6.07, 6.45) is 6.17. The molecule has 5 rings (SSSR count). The number of amides is 1. The molecule has 0 saturated carbocycles. The standard InChI is InChI=1S/C22H25N7O3/c1-23-19-9-16(27-21-14(22(30)24-2)10-26-29(19)21)15-11-28(20-13(15)5-4-7-25-20)17-6-8-32-12-18(17)31-3/h4-5,7,9-11,17-18,23H,6,8,12H2,1-3H3,(H,24,30)/t17-,18-/m1/s1. The van der Waals surface area contributed by atoms with Gasteiger partial charge in [-0.1, -0.05) is 0 Å². The van der Waals surface area contributed by atoms with Crippen LogP contribution in [0, 0.1) is 0 Å². The molecule has 1 aliphatic heterocycles. The Morgan fingerprint density at radius 1 is 1.31 bits per heavy atom. The number of hydrogen-bond donors (Lipinski definition) is 2. The number of rotatable bonds is 5. The van der Waals surface area contributed by atoms with Gasteiger partial charge in [-0.3, -0.25) is 4.79 Å². The van der Waals surface area contributed by atoms with Crippen LogP contribution in [0.2, 0.25) is 0 Å². The molecular weight excluding hydrogens is 410 g/mol. The minimum atomic E-state index is -0.235. The van der Waals surface area contributed by atoms with Gasteiger partial charge in [0, 0.05) is 57.2 Å². The number of fused-ring (bicyclic) bond motifs is 2. The normalized spacial score (nSPS) is 18.8. The largest absolute Gasteiger partial charge is 0.379 e. The lowest BCUT2D eigenvalue weighted by molar-refractivity contribution is -0.0592. The van der Waals surface area contributed by atoms with Crippen LogP contribution in [-0.2, 0) is 9.47 Å². The maximum atomic E-state index is 12.4. The Morgan fingerprint density at radius 2 is 2.19 bits per heavy atom. The third kappa shape index (κ3) is 3.19. The molecule has 10 nitrogen and oxygen atoms in total. The Bertz CT molecular complexity index is 1300. The van der Waals surface area contributed by atoms with Crippen LogP contribution in [0.25, 0.3) is 27.9 Å². The van der Waals surface area contributed by atoms with E-state index >= 15 is 0 Å². The van der Waals surface area contributed by atoms with E-state index in [2.05, 4.69) is 31.5 Å². The molecule has 0 unspecified atom stereocenters. The quantitative estimate of drug-likeness (QED) is 0.494. The second-order valence-electron chi connectivity index (χ2n) is 7.68. The zero-order chi connectivity index (χ0) is 22.2. The Labute approximate surface area is 184 Å². The van der Waals surface area contributed by atoms with Crippen LogP contribution < -0.4 is 10.6 Å². The summed E-state index contributed by atoms with van der Waals surface area (Å²) in [7, 11) is 5.12. The summed E-state index contributed by atoms with van der Waals surface area (Å²) in [4.78, 5) is 21.9. The summed E-state index contributed by atoms with van der Waals surface area (Å²) < 4.78 is 15.1. The summed E-state index contributed by atoms with van der Waals surface area (Å²) in [6.45, 7) is 1.22. The number of methoxy groups -OCH3 is 1. The highest BCUT2D eigenvalue weighted by Gasteiger charge is 2.29. The van der Waals surface area contributed by atoms with Gasteiger partial charge >= 0.3 is 0 Å². The van der Waals surface area contributed by atoms with E-state index in [1.54, 1.807) is 24.9 Å². The van der Waals surface area contributed by atoms with Gasteiger partial charge in [0.25, 0.3) is 5.91 Å². The Kier molecular flexibility index (Phi) is 5.24. The predicted octanol–water partition coefficient (Wildman–Crippen LogP) is 2.12. The van der Waals surface area contributed by atoms with Gasteiger partial charge in [0.05, 0.1) is 24.5 Å². The van der Waals surface area contributed by atoms with E-state index in [-0.39, 0.29) is 18.1 Å². The SMILES string of the molecule is CNC(=O)c1cnn2c(NC)cc(-c3cn([C@@H]4CCOC[C@H]4OC)c4ncccc34)nc12. The second kappa shape index (κ2) is 8.21. The highest BCUT2D eigenvalue weighted by Crippen LogP contribution is 2.35. The first-order valence-electron chi connectivity index (χ1n) is 10.5. The van der Waals surface area contributed by atoms with Crippen molar-refractivity contribution in [1.82, 2.24) is 29.5 Å². The summed E-state index contributed by atoms with van der Waals surface area (Å²) in [5, 5.41) is 11.1. The van der Waals surface area contributed by atoms with Crippen molar-refractivity contribution in [1.29, 1.82) is 0 Å². The number of aromatic nitrogens is 5. The van der Waals surface area contributed by atoms with Crippen molar-refractivity contribution in [2.45, 2.75) is 18.6 Å². The molecule has 2 N–H and O–H groups in total. The van der Waals surface area contributed by atoms with Crippen molar-refractivity contribution in [3.63, 3.8) is 0 Å². The minimum Gasteiger partial charge on any atom is -0.379 e. The first-order chi connectivity index (χ1) is 15.7. The first-order valence-corrected chi connectivity index (χ1v) is 10.5. The molecule has 10 heteroatoms. The minimum absolute atomic E-state index is 0.0628. The number of anilines is 1. The number of pyridine rings is 1. The average Bonchev–Trinajstić information content (AvgIpc) is 3.45. The molecule has 1 saturated heterocycles. The van der Waals surface area contributed by atoms with Gasteiger partial charge in [0.1, 0.15) is 23.1 Å². The van der Waals surface area contributed by atoms with Crippen LogP contribution in [0.5, 0.6) is 0 Å². The number of ether oxygens (including phenoxy) is 2. The fraction of sp³-hybridized carbons (Fsp3) is 0.364. The topological polar surface area (TPSA) is 108 Å². The van der Waals surface area contributed by atoms with Gasteiger partial charge in [-0.2, -0.15) is 9.61 Å². The highest BCUT2D eigenvalue weighted by atomic mass is 16.5. The molecule has 2 atom stereocenters. The molecule has 1 aliphatic rings. The van der Waals surface area contributed by atoms with E-state index in [4.69, 9.17) is 14.5 Å². The number of hydrogen-bond acceptors (Lipinski definition) is 7.